The number of imidazole rings is 1. The number of benzene rings is 2. The first-order valence-corrected chi connectivity index (χ1v) is 12.0. The van der Waals surface area contributed by atoms with Crippen molar-refractivity contribution in [3.05, 3.63) is 72.0 Å². The van der Waals surface area contributed by atoms with E-state index in [0.717, 1.165) is 33.7 Å². The monoisotopic (exact) mass is 459 g/mol. The van der Waals surface area contributed by atoms with Gasteiger partial charge in [-0.25, -0.2) is 9.97 Å². The predicted molar refractivity (Wildman–Crippen MR) is 128 cm³/mol. The summed E-state index contributed by atoms with van der Waals surface area (Å²) in [7, 11) is 0. The van der Waals surface area contributed by atoms with Crippen molar-refractivity contribution < 1.29 is 9.59 Å². The van der Waals surface area contributed by atoms with Gasteiger partial charge >= 0.3 is 0 Å². The van der Waals surface area contributed by atoms with Crippen molar-refractivity contribution in [3.63, 3.8) is 0 Å². The van der Waals surface area contributed by atoms with Crippen LogP contribution in [0.5, 0.6) is 0 Å². The van der Waals surface area contributed by atoms with Crippen molar-refractivity contribution in [3.8, 4) is 10.6 Å². The highest BCUT2D eigenvalue weighted by Crippen LogP contribution is 2.24. The van der Waals surface area contributed by atoms with E-state index in [1.807, 2.05) is 64.5 Å². The van der Waals surface area contributed by atoms with Crippen molar-refractivity contribution in [1.29, 1.82) is 0 Å². The number of likely N-dealkylation sites (tertiary alicyclic amines) is 1. The molecule has 1 atom stereocenters. The lowest BCUT2D eigenvalue weighted by Gasteiger charge is -2.24. The molecule has 0 radical (unpaired) electrons. The fourth-order valence-electron chi connectivity index (χ4n) is 4.28. The van der Waals surface area contributed by atoms with Crippen LogP contribution in [0.15, 0.2) is 66.3 Å². The van der Waals surface area contributed by atoms with Crippen LogP contribution in [-0.4, -0.2) is 43.8 Å². The van der Waals surface area contributed by atoms with Crippen LogP contribution in [0.3, 0.4) is 0 Å². The van der Waals surface area contributed by atoms with Gasteiger partial charge in [-0.15, -0.1) is 11.3 Å². The number of aryl methyl sites for hydroxylation is 1. The molecule has 2 aromatic heterocycles. The lowest BCUT2D eigenvalue weighted by Crippen LogP contribution is -2.45. The van der Waals surface area contributed by atoms with E-state index in [0.29, 0.717) is 32.5 Å². The highest BCUT2D eigenvalue weighted by atomic mass is 32.1. The number of rotatable bonds is 7. The summed E-state index contributed by atoms with van der Waals surface area (Å²) >= 11 is 1.56. The fraction of sp³-hybridized carbons (Fsp3) is 0.280. The van der Waals surface area contributed by atoms with Crippen LogP contribution < -0.4 is 5.32 Å². The smallest absolute Gasteiger partial charge is 0.243 e. The lowest BCUT2D eigenvalue weighted by molar-refractivity contribution is -0.138. The molecule has 0 spiro atoms. The Morgan fingerprint density at radius 2 is 1.91 bits per heavy atom. The number of para-hydroxylation sites is 2. The maximum atomic E-state index is 12.9. The molecule has 8 heteroatoms. The van der Waals surface area contributed by atoms with Crippen molar-refractivity contribution in [2.75, 3.05) is 6.54 Å². The molecule has 0 aliphatic carbocycles. The summed E-state index contributed by atoms with van der Waals surface area (Å²) in [5.74, 6) is -0.103. The Morgan fingerprint density at radius 1 is 1.09 bits per heavy atom. The molecule has 4 aromatic rings. The van der Waals surface area contributed by atoms with Crippen LogP contribution >= 0.6 is 11.3 Å². The van der Waals surface area contributed by atoms with E-state index in [1.165, 1.54) is 0 Å². The average molecular weight is 460 g/mol. The van der Waals surface area contributed by atoms with Crippen molar-refractivity contribution in [2.24, 2.45) is 0 Å². The number of carbonyl (C=O) groups excluding carboxylic acids is 2. The van der Waals surface area contributed by atoms with E-state index in [1.54, 1.807) is 22.6 Å². The number of aromatic nitrogens is 3. The molecular weight excluding hydrogens is 434 g/mol. The molecule has 5 rings (SSSR count). The Kier molecular flexibility index (Phi) is 6.17. The van der Waals surface area contributed by atoms with Gasteiger partial charge in [0.25, 0.3) is 0 Å². The molecule has 7 nitrogen and oxygen atoms in total. The topological polar surface area (TPSA) is 80.1 Å². The third-order valence-corrected chi connectivity index (χ3v) is 6.93. The molecule has 1 aliphatic heterocycles. The zero-order chi connectivity index (χ0) is 22.6. The average Bonchev–Trinajstić information content (AvgIpc) is 3.61. The van der Waals surface area contributed by atoms with Crippen molar-refractivity contribution in [2.45, 2.75) is 38.4 Å². The van der Waals surface area contributed by atoms with Gasteiger partial charge < -0.3 is 14.8 Å². The molecule has 3 heterocycles. The Bertz CT molecular complexity index is 1270. The van der Waals surface area contributed by atoms with Gasteiger partial charge in [-0.05, 0) is 25.0 Å². The lowest BCUT2D eigenvalue weighted by atomic mass is 10.2. The van der Waals surface area contributed by atoms with Gasteiger partial charge in [-0.1, -0.05) is 42.5 Å². The van der Waals surface area contributed by atoms with Crippen LogP contribution in [0, 0.1) is 0 Å². The third-order valence-electron chi connectivity index (χ3n) is 5.99. The van der Waals surface area contributed by atoms with Crippen LogP contribution in [0.1, 0.15) is 25.0 Å². The zero-order valence-electron chi connectivity index (χ0n) is 18.2. The van der Waals surface area contributed by atoms with Crippen LogP contribution in [-0.2, 0) is 22.7 Å². The molecule has 1 unspecified atom stereocenters. The van der Waals surface area contributed by atoms with E-state index >= 15 is 0 Å². The van der Waals surface area contributed by atoms with Gasteiger partial charge in [-0.2, -0.15) is 0 Å². The molecule has 1 aliphatic rings. The summed E-state index contributed by atoms with van der Waals surface area (Å²) in [6, 6.07) is 17.5. The van der Waals surface area contributed by atoms with Crippen LogP contribution in [0.25, 0.3) is 21.6 Å². The van der Waals surface area contributed by atoms with E-state index in [2.05, 4.69) is 15.3 Å². The highest BCUT2D eigenvalue weighted by Gasteiger charge is 2.33. The Balaban J connectivity index is 1.16. The Labute approximate surface area is 196 Å². The molecule has 0 saturated carbocycles. The summed E-state index contributed by atoms with van der Waals surface area (Å²) in [5.41, 5.74) is 3.83. The first-order chi connectivity index (χ1) is 16.2. The normalized spacial score (nSPS) is 15.8. The number of fused-ring (bicyclic) bond motifs is 1. The maximum Gasteiger partial charge on any atom is 0.243 e. The summed E-state index contributed by atoms with van der Waals surface area (Å²) in [6.07, 6.45) is 3.64. The number of hydrogen-bond donors (Lipinski definition) is 1. The fourth-order valence-corrected chi connectivity index (χ4v) is 5.11. The summed E-state index contributed by atoms with van der Waals surface area (Å²) in [5, 5.41) is 5.88. The van der Waals surface area contributed by atoms with E-state index in [9.17, 15) is 9.59 Å². The number of hydrogen-bond acceptors (Lipinski definition) is 5. The predicted octanol–water partition coefficient (Wildman–Crippen LogP) is 3.86. The second-order valence-corrected chi connectivity index (χ2v) is 9.01. The van der Waals surface area contributed by atoms with Crippen LogP contribution in [0.2, 0.25) is 0 Å². The molecule has 2 aromatic carbocycles. The molecule has 0 bridgehead atoms. The molecular formula is C25H25N5O2S. The molecule has 168 valence electrons. The summed E-state index contributed by atoms with van der Waals surface area (Å²) in [4.78, 5) is 36.5. The van der Waals surface area contributed by atoms with Crippen LogP contribution in [0.4, 0.5) is 0 Å². The van der Waals surface area contributed by atoms with Gasteiger partial charge in [0.2, 0.25) is 11.8 Å². The Morgan fingerprint density at radius 3 is 2.79 bits per heavy atom. The number of thiazole rings is 1. The minimum absolute atomic E-state index is 0.00505. The highest BCUT2D eigenvalue weighted by molar-refractivity contribution is 7.13. The number of nitrogens with one attached hydrogen (secondary N) is 1. The minimum atomic E-state index is -0.413. The molecule has 1 saturated heterocycles. The maximum absolute atomic E-state index is 12.9. The molecule has 1 N–H and O–H groups in total. The van der Waals surface area contributed by atoms with Gasteiger partial charge in [0.15, 0.2) is 0 Å². The van der Waals surface area contributed by atoms with Gasteiger partial charge in [0, 0.05) is 30.5 Å². The van der Waals surface area contributed by atoms with Crippen molar-refractivity contribution in [1.82, 2.24) is 24.8 Å². The summed E-state index contributed by atoms with van der Waals surface area (Å²) < 4.78 is 1.99. The Hall–Kier alpha value is -3.52. The number of nitrogens with zero attached hydrogens (tertiary/aromatic N) is 4. The summed E-state index contributed by atoms with van der Waals surface area (Å²) in [6.45, 7) is 1.53. The number of carbonyl (C=O) groups is 2. The minimum Gasteiger partial charge on any atom is -0.349 e. The SMILES string of the molecule is O=C(NCc1csc(-c2ccccc2)n1)C1CCCN1C(=O)CCn1cnc2ccccc21. The van der Waals surface area contributed by atoms with E-state index in [-0.39, 0.29) is 11.8 Å². The molecule has 1 fully saturated rings. The first-order valence-electron chi connectivity index (χ1n) is 11.2. The van der Waals surface area contributed by atoms with E-state index < -0.39 is 6.04 Å². The van der Waals surface area contributed by atoms with Gasteiger partial charge in [-0.3, -0.25) is 9.59 Å². The van der Waals surface area contributed by atoms with Gasteiger partial charge in [0.05, 0.1) is 29.6 Å². The van der Waals surface area contributed by atoms with Crippen molar-refractivity contribution >= 4 is 34.2 Å². The number of amides is 2. The zero-order valence-corrected chi connectivity index (χ0v) is 19.0. The third kappa shape index (κ3) is 4.66. The largest absolute Gasteiger partial charge is 0.349 e. The molecule has 33 heavy (non-hydrogen) atoms. The second kappa shape index (κ2) is 9.54. The second-order valence-electron chi connectivity index (χ2n) is 8.15. The van der Waals surface area contributed by atoms with Gasteiger partial charge in [0.1, 0.15) is 11.0 Å². The van der Waals surface area contributed by atoms with E-state index in [4.69, 9.17) is 0 Å². The molecule has 2 amide bonds. The standard InChI is InChI=1S/C25H25N5O2S/c31-23(12-14-29-17-27-20-9-4-5-10-21(20)29)30-13-6-11-22(30)24(32)26-15-19-16-33-25(28-19)18-7-2-1-3-8-18/h1-5,7-10,16-17,22H,6,11-15H2,(H,26,32). The first kappa shape index (κ1) is 21.3. The quantitative estimate of drug-likeness (QED) is 0.455.